The smallest absolute Gasteiger partial charge is 0.267 e. The number of primary amides is 1. The van der Waals surface area contributed by atoms with E-state index < -0.39 is 23.6 Å². The summed E-state index contributed by atoms with van der Waals surface area (Å²) in [5.74, 6) is -2.06. The quantitative estimate of drug-likeness (QED) is 0.833. The fraction of sp³-hybridized carbons (Fsp3) is 0.312. The first-order chi connectivity index (χ1) is 11.5. The van der Waals surface area contributed by atoms with E-state index in [1.165, 1.54) is 41.0 Å². The zero-order valence-corrected chi connectivity index (χ0v) is 13.5. The van der Waals surface area contributed by atoms with Gasteiger partial charge in [0.15, 0.2) is 5.92 Å². The molecule has 0 bridgehead atoms. The van der Waals surface area contributed by atoms with Crippen molar-refractivity contribution in [1.82, 2.24) is 9.88 Å². The van der Waals surface area contributed by atoms with Gasteiger partial charge in [-0.05, 0) is 25.0 Å². The van der Waals surface area contributed by atoms with Crippen LogP contribution in [0.4, 0.5) is 0 Å². The molecular formula is C16H14N4O3S. The molecule has 1 aromatic heterocycles. The summed E-state index contributed by atoms with van der Waals surface area (Å²) in [6.45, 7) is 0. The standard InChI is InChI=1S/C16H14N4O3S/c17-13(21)9-4-5-20-11(6-9)19-14(22)12(16(20)23)15-18-10(7-24-15)8-2-1-3-8/h4-8,12H,1-3H2,(H2,17,21). The first kappa shape index (κ1) is 14.9. The van der Waals surface area contributed by atoms with E-state index >= 15 is 0 Å². The van der Waals surface area contributed by atoms with Gasteiger partial charge < -0.3 is 5.73 Å². The van der Waals surface area contributed by atoms with E-state index in [1.54, 1.807) is 0 Å². The Labute approximate surface area is 141 Å². The Morgan fingerprint density at radius 1 is 1.33 bits per heavy atom. The number of carbonyl (C=O) groups excluding carboxylic acids is 3. The lowest BCUT2D eigenvalue weighted by molar-refractivity contribution is -0.134. The molecule has 4 rings (SSSR count). The molecule has 0 radical (unpaired) electrons. The zero-order valence-electron chi connectivity index (χ0n) is 12.6. The van der Waals surface area contributed by atoms with Crippen molar-refractivity contribution in [3.63, 3.8) is 0 Å². The number of aliphatic imine (C=N–C) groups is 1. The van der Waals surface area contributed by atoms with Crippen molar-refractivity contribution in [2.45, 2.75) is 31.1 Å². The van der Waals surface area contributed by atoms with Gasteiger partial charge in [-0.15, -0.1) is 11.3 Å². The molecule has 1 saturated carbocycles. The predicted octanol–water partition coefficient (Wildman–Crippen LogP) is 1.20. The molecule has 24 heavy (non-hydrogen) atoms. The van der Waals surface area contributed by atoms with Crippen molar-refractivity contribution in [2.75, 3.05) is 0 Å². The van der Waals surface area contributed by atoms with Crippen LogP contribution in [-0.2, 0) is 14.4 Å². The van der Waals surface area contributed by atoms with Crippen LogP contribution in [0.3, 0.4) is 0 Å². The topological polar surface area (TPSA) is 106 Å². The summed E-state index contributed by atoms with van der Waals surface area (Å²) in [6, 6.07) is 0. The molecule has 7 nitrogen and oxygen atoms in total. The van der Waals surface area contributed by atoms with Gasteiger partial charge in [-0.3, -0.25) is 19.3 Å². The normalized spacial score (nSPS) is 23.5. The van der Waals surface area contributed by atoms with E-state index in [0.29, 0.717) is 10.9 Å². The Hall–Kier alpha value is -2.61. The van der Waals surface area contributed by atoms with Crippen LogP contribution in [0, 0.1) is 0 Å². The first-order valence-corrected chi connectivity index (χ1v) is 8.53. The molecule has 2 N–H and O–H groups in total. The summed E-state index contributed by atoms with van der Waals surface area (Å²) >= 11 is 1.32. The average Bonchev–Trinajstić information content (AvgIpc) is 2.93. The number of fused-ring (bicyclic) bond motifs is 1. The van der Waals surface area contributed by atoms with Crippen LogP contribution in [0.2, 0.25) is 0 Å². The molecule has 1 atom stereocenters. The van der Waals surface area contributed by atoms with Crippen molar-refractivity contribution in [3.8, 4) is 0 Å². The van der Waals surface area contributed by atoms with E-state index in [1.807, 2.05) is 5.38 Å². The molecule has 1 unspecified atom stereocenters. The van der Waals surface area contributed by atoms with Crippen molar-refractivity contribution in [1.29, 1.82) is 0 Å². The van der Waals surface area contributed by atoms with E-state index in [0.717, 1.165) is 18.5 Å². The molecule has 1 fully saturated rings. The van der Waals surface area contributed by atoms with E-state index in [-0.39, 0.29) is 11.4 Å². The molecular weight excluding hydrogens is 328 g/mol. The molecule has 122 valence electrons. The predicted molar refractivity (Wildman–Crippen MR) is 87.2 cm³/mol. The maximum Gasteiger partial charge on any atom is 0.267 e. The van der Waals surface area contributed by atoms with Gasteiger partial charge in [0.2, 0.25) is 5.91 Å². The number of amidine groups is 1. The summed E-state index contributed by atoms with van der Waals surface area (Å²) in [6.07, 6.45) is 7.60. The Morgan fingerprint density at radius 2 is 2.12 bits per heavy atom. The van der Waals surface area contributed by atoms with Gasteiger partial charge in [0.05, 0.1) is 5.69 Å². The molecule has 2 aliphatic heterocycles. The van der Waals surface area contributed by atoms with Gasteiger partial charge in [0.1, 0.15) is 10.8 Å². The van der Waals surface area contributed by atoms with E-state index in [2.05, 4.69) is 9.98 Å². The van der Waals surface area contributed by atoms with Gasteiger partial charge >= 0.3 is 0 Å². The second-order valence-electron chi connectivity index (χ2n) is 5.97. The lowest BCUT2D eigenvalue weighted by Gasteiger charge is -2.28. The summed E-state index contributed by atoms with van der Waals surface area (Å²) in [4.78, 5) is 46.0. The third kappa shape index (κ3) is 2.30. The number of carbonyl (C=O) groups is 3. The largest absolute Gasteiger partial charge is 0.366 e. The van der Waals surface area contributed by atoms with Crippen LogP contribution in [0.1, 0.15) is 41.8 Å². The molecule has 1 aromatic rings. The highest BCUT2D eigenvalue weighted by Gasteiger charge is 2.41. The molecule has 0 spiro atoms. The van der Waals surface area contributed by atoms with Crippen LogP contribution in [0.5, 0.6) is 0 Å². The molecule has 0 saturated heterocycles. The van der Waals surface area contributed by atoms with Crippen molar-refractivity contribution < 1.29 is 14.4 Å². The highest BCUT2D eigenvalue weighted by atomic mass is 32.1. The Kier molecular flexibility index (Phi) is 3.42. The minimum Gasteiger partial charge on any atom is -0.366 e. The van der Waals surface area contributed by atoms with E-state index in [9.17, 15) is 14.4 Å². The van der Waals surface area contributed by atoms with E-state index in [4.69, 9.17) is 5.73 Å². The number of hydrogen-bond acceptors (Lipinski definition) is 5. The molecule has 3 aliphatic rings. The van der Waals surface area contributed by atoms with Crippen LogP contribution >= 0.6 is 11.3 Å². The number of hydrogen-bond donors (Lipinski definition) is 1. The number of rotatable bonds is 3. The fourth-order valence-corrected chi connectivity index (χ4v) is 3.85. The summed E-state index contributed by atoms with van der Waals surface area (Å²) < 4.78 is 0. The minimum atomic E-state index is -1.01. The summed E-state index contributed by atoms with van der Waals surface area (Å²) in [5, 5.41) is 2.41. The SMILES string of the molecule is NC(=O)C1=CC2=NC(=O)C(c3nc(C4CCC4)cs3)C(=O)N2C=C1. The Morgan fingerprint density at radius 3 is 2.79 bits per heavy atom. The Balaban J connectivity index is 1.66. The molecule has 3 amide bonds. The van der Waals surface area contributed by atoms with Crippen molar-refractivity contribution in [2.24, 2.45) is 10.7 Å². The zero-order chi connectivity index (χ0) is 16.8. The monoisotopic (exact) mass is 342 g/mol. The van der Waals surface area contributed by atoms with Crippen LogP contribution in [-0.4, -0.2) is 33.4 Å². The van der Waals surface area contributed by atoms with Gasteiger partial charge in [-0.2, -0.15) is 4.99 Å². The van der Waals surface area contributed by atoms with Gasteiger partial charge in [0.25, 0.3) is 11.8 Å². The number of aromatic nitrogens is 1. The third-order valence-electron chi connectivity index (χ3n) is 4.49. The highest BCUT2D eigenvalue weighted by Crippen LogP contribution is 2.38. The number of nitrogens with zero attached hydrogens (tertiary/aromatic N) is 3. The lowest BCUT2D eigenvalue weighted by atomic mass is 9.83. The maximum absolute atomic E-state index is 12.7. The third-order valence-corrected chi connectivity index (χ3v) is 5.41. The first-order valence-electron chi connectivity index (χ1n) is 7.65. The van der Waals surface area contributed by atoms with Crippen LogP contribution < -0.4 is 5.73 Å². The fourth-order valence-electron chi connectivity index (χ4n) is 2.87. The highest BCUT2D eigenvalue weighted by molar-refractivity contribution is 7.10. The van der Waals surface area contributed by atoms with Crippen molar-refractivity contribution in [3.05, 3.63) is 40.0 Å². The van der Waals surface area contributed by atoms with Crippen molar-refractivity contribution >= 4 is 34.9 Å². The lowest BCUT2D eigenvalue weighted by Crippen LogP contribution is -2.44. The molecule has 3 heterocycles. The molecule has 0 aromatic carbocycles. The van der Waals surface area contributed by atoms with Gasteiger partial charge in [-0.1, -0.05) is 6.42 Å². The van der Waals surface area contributed by atoms with Crippen LogP contribution in [0.15, 0.2) is 34.3 Å². The summed E-state index contributed by atoms with van der Waals surface area (Å²) in [7, 11) is 0. The average molecular weight is 342 g/mol. The van der Waals surface area contributed by atoms with Gasteiger partial charge in [0, 0.05) is 23.1 Å². The number of thiazole rings is 1. The number of nitrogens with two attached hydrogens (primary N) is 1. The van der Waals surface area contributed by atoms with Gasteiger partial charge in [-0.25, -0.2) is 4.98 Å². The Bertz CT molecular complexity index is 847. The molecule has 8 heteroatoms. The second-order valence-corrected chi connectivity index (χ2v) is 6.86. The maximum atomic E-state index is 12.7. The minimum absolute atomic E-state index is 0.119. The second kappa shape index (κ2) is 5.48. The van der Waals surface area contributed by atoms with Crippen LogP contribution in [0.25, 0.3) is 0 Å². The molecule has 1 aliphatic carbocycles. The summed E-state index contributed by atoms with van der Waals surface area (Å²) in [5.41, 5.74) is 6.38. The number of amides is 3.